The van der Waals surface area contributed by atoms with Gasteiger partial charge in [-0.25, -0.2) is 4.79 Å². The number of phenols is 1. The molecule has 0 heterocycles. The van der Waals surface area contributed by atoms with E-state index in [0.29, 0.717) is 22.9 Å². The molecule has 138 valence electrons. The van der Waals surface area contributed by atoms with E-state index in [1.807, 2.05) is 0 Å². The Hall–Kier alpha value is -3.42. The molecule has 2 rings (SSSR count). The van der Waals surface area contributed by atoms with Crippen LogP contribution in [-0.2, 0) is 9.53 Å². The van der Waals surface area contributed by atoms with Crippen LogP contribution in [0.5, 0.6) is 23.0 Å². The van der Waals surface area contributed by atoms with Crippen LogP contribution >= 0.6 is 0 Å². The van der Waals surface area contributed by atoms with Gasteiger partial charge in [-0.15, -0.1) is 0 Å². The highest BCUT2D eigenvalue weighted by molar-refractivity contribution is 5.97. The molecule has 2 aromatic rings. The Morgan fingerprint density at radius 1 is 0.962 bits per heavy atom. The third-order valence-electron chi connectivity index (χ3n) is 3.43. The van der Waals surface area contributed by atoms with Crippen LogP contribution in [0, 0.1) is 0 Å². The minimum Gasteiger partial charge on any atom is -0.507 e. The number of amides is 1. The zero-order valence-corrected chi connectivity index (χ0v) is 14.6. The molecule has 0 fully saturated rings. The van der Waals surface area contributed by atoms with Crippen molar-refractivity contribution in [2.24, 2.45) is 0 Å². The van der Waals surface area contributed by atoms with Crippen molar-refractivity contribution in [2.75, 3.05) is 33.3 Å². The standard InChI is InChI=1S/C18H19NO7/c1-23-12-5-6-13(14(20)9-12)18(22)26-10-17(21)19-11-4-7-15(24-2)16(8-11)25-3/h4-9,20H,10H2,1-3H3,(H,19,21). The molecule has 0 bridgehead atoms. The molecule has 0 atom stereocenters. The number of carbonyl (C=O) groups is 2. The third-order valence-corrected chi connectivity index (χ3v) is 3.43. The summed E-state index contributed by atoms with van der Waals surface area (Å²) in [6.45, 7) is -0.515. The van der Waals surface area contributed by atoms with Crippen LogP contribution in [0.25, 0.3) is 0 Å². The van der Waals surface area contributed by atoms with Gasteiger partial charge < -0.3 is 29.4 Å². The second-order valence-corrected chi connectivity index (χ2v) is 5.08. The molecule has 8 heteroatoms. The number of aromatic hydroxyl groups is 1. The number of hydrogen-bond donors (Lipinski definition) is 2. The molecule has 0 unspecified atom stereocenters. The van der Waals surface area contributed by atoms with E-state index >= 15 is 0 Å². The van der Waals surface area contributed by atoms with Crippen molar-refractivity contribution < 1.29 is 33.6 Å². The van der Waals surface area contributed by atoms with Gasteiger partial charge in [-0.2, -0.15) is 0 Å². The van der Waals surface area contributed by atoms with Crippen LogP contribution in [0.15, 0.2) is 36.4 Å². The Kier molecular flexibility index (Phi) is 6.26. The monoisotopic (exact) mass is 361 g/mol. The fraction of sp³-hybridized carbons (Fsp3) is 0.222. The van der Waals surface area contributed by atoms with Gasteiger partial charge in [0.25, 0.3) is 5.91 Å². The molecule has 0 saturated heterocycles. The molecule has 0 saturated carbocycles. The molecule has 0 spiro atoms. The van der Waals surface area contributed by atoms with Gasteiger partial charge in [0.15, 0.2) is 18.1 Å². The molecule has 0 aromatic heterocycles. The summed E-state index contributed by atoms with van der Waals surface area (Å²) in [7, 11) is 4.42. The highest BCUT2D eigenvalue weighted by atomic mass is 16.5. The Morgan fingerprint density at radius 3 is 2.31 bits per heavy atom. The van der Waals surface area contributed by atoms with Crippen molar-refractivity contribution in [3.63, 3.8) is 0 Å². The number of benzene rings is 2. The summed E-state index contributed by atoms with van der Waals surface area (Å²) in [6, 6.07) is 8.96. The number of rotatable bonds is 7. The Balaban J connectivity index is 1.95. The lowest BCUT2D eigenvalue weighted by Crippen LogP contribution is -2.21. The zero-order valence-electron chi connectivity index (χ0n) is 14.6. The SMILES string of the molecule is COc1ccc(C(=O)OCC(=O)Nc2ccc(OC)c(OC)c2)c(O)c1. The molecule has 2 aromatic carbocycles. The Labute approximate surface area is 150 Å². The lowest BCUT2D eigenvalue weighted by molar-refractivity contribution is -0.119. The van der Waals surface area contributed by atoms with Gasteiger partial charge in [-0.05, 0) is 24.3 Å². The second kappa shape index (κ2) is 8.61. The molecule has 2 N–H and O–H groups in total. The Morgan fingerprint density at radius 2 is 1.69 bits per heavy atom. The normalized spacial score (nSPS) is 9.96. The van der Waals surface area contributed by atoms with Crippen molar-refractivity contribution >= 4 is 17.6 Å². The average molecular weight is 361 g/mol. The molecular weight excluding hydrogens is 342 g/mol. The smallest absolute Gasteiger partial charge is 0.342 e. The first kappa shape index (κ1) is 18.9. The summed E-state index contributed by atoms with van der Waals surface area (Å²) in [5.74, 6) is -0.302. The fourth-order valence-electron chi connectivity index (χ4n) is 2.13. The lowest BCUT2D eigenvalue weighted by atomic mass is 10.2. The fourth-order valence-corrected chi connectivity index (χ4v) is 2.13. The summed E-state index contributed by atoms with van der Waals surface area (Å²) < 4.78 is 20.1. The van der Waals surface area contributed by atoms with E-state index in [-0.39, 0.29) is 11.3 Å². The van der Waals surface area contributed by atoms with Gasteiger partial charge in [-0.1, -0.05) is 0 Å². The van der Waals surface area contributed by atoms with Crippen LogP contribution in [-0.4, -0.2) is 44.9 Å². The molecule has 0 aliphatic heterocycles. The number of anilines is 1. The van der Waals surface area contributed by atoms with Crippen LogP contribution < -0.4 is 19.5 Å². The zero-order chi connectivity index (χ0) is 19.1. The molecule has 1 amide bonds. The highest BCUT2D eigenvalue weighted by Gasteiger charge is 2.15. The highest BCUT2D eigenvalue weighted by Crippen LogP contribution is 2.29. The third kappa shape index (κ3) is 4.56. The number of methoxy groups -OCH3 is 3. The van der Waals surface area contributed by atoms with Gasteiger partial charge in [0.1, 0.15) is 17.1 Å². The molecular formula is C18H19NO7. The van der Waals surface area contributed by atoms with E-state index in [1.54, 1.807) is 18.2 Å². The molecule has 0 aliphatic carbocycles. The van der Waals surface area contributed by atoms with Crippen molar-refractivity contribution in [3.05, 3.63) is 42.0 Å². The molecule has 0 radical (unpaired) electrons. The van der Waals surface area contributed by atoms with Crippen LogP contribution in [0.3, 0.4) is 0 Å². The van der Waals surface area contributed by atoms with Crippen molar-refractivity contribution in [3.8, 4) is 23.0 Å². The summed E-state index contributed by atoms with van der Waals surface area (Å²) in [6.07, 6.45) is 0. The van der Waals surface area contributed by atoms with E-state index in [0.717, 1.165) is 0 Å². The topological polar surface area (TPSA) is 103 Å². The quantitative estimate of drug-likeness (QED) is 0.729. The largest absolute Gasteiger partial charge is 0.507 e. The first-order valence-corrected chi connectivity index (χ1v) is 7.54. The van der Waals surface area contributed by atoms with Crippen molar-refractivity contribution in [1.82, 2.24) is 0 Å². The average Bonchev–Trinajstić information content (AvgIpc) is 2.65. The van der Waals surface area contributed by atoms with Crippen LogP contribution in [0.2, 0.25) is 0 Å². The number of phenolic OH excluding ortho intramolecular Hbond substituents is 1. The van der Waals surface area contributed by atoms with Crippen molar-refractivity contribution in [1.29, 1.82) is 0 Å². The molecule has 26 heavy (non-hydrogen) atoms. The van der Waals surface area contributed by atoms with Crippen LogP contribution in [0.4, 0.5) is 5.69 Å². The van der Waals surface area contributed by atoms with Gasteiger partial charge in [0.2, 0.25) is 0 Å². The van der Waals surface area contributed by atoms with E-state index in [4.69, 9.17) is 18.9 Å². The van der Waals surface area contributed by atoms with Crippen LogP contribution in [0.1, 0.15) is 10.4 Å². The van der Waals surface area contributed by atoms with E-state index < -0.39 is 18.5 Å². The number of hydrogen-bond acceptors (Lipinski definition) is 7. The number of carbonyl (C=O) groups excluding carboxylic acids is 2. The number of ether oxygens (including phenoxy) is 4. The summed E-state index contributed by atoms with van der Waals surface area (Å²) in [5, 5.41) is 12.4. The number of nitrogens with one attached hydrogen (secondary N) is 1. The van der Waals surface area contributed by atoms with Crippen molar-refractivity contribution in [2.45, 2.75) is 0 Å². The van der Waals surface area contributed by atoms with Gasteiger partial charge in [-0.3, -0.25) is 4.79 Å². The first-order valence-electron chi connectivity index (χ1n) is 7.54. The number of esters is 1. The predicted octanol–water partition coefficient (Wildman–Crippen LogP) is 2.21. The van der Waals surface area contributed by atoms with Gasteiger partial charge in [0, 0.05) is 17.8 Å². The van der Waals surface area contributed by atoms with E-state index in [1.165, 1.54) is 39.5 Å². The molecule has 8 nitrogen and oxygen atoms in total. The molecule has 0 aliphatic rings. The second-order valence-electron chi connectivity index (χ2n) is 5.08. The Bertz CT molecular complexity index is 804. The van der Waals surface area contributed by atoms with E-state index in [2.05, 4.69) is 5.32 Å². The first-order chi connectivity index (χ1) is 12.5. The van der Waals surface area contributed by atoms with E-state index in [9.17, 15) is 14.7 Å². The summed E-state index contributed by atoms with van der Waals surface area (Å²) in [4.78, 5) is 23.9. The maximum Gasteiger partial charge on any atom is 0.342 e. The maximum absolute atomic E-state index is 12.0. The summed E-state index contributed by atoms with van der Waals surface area (Å²) in [5.41, 5.74) is 0.390. The lowest BCUT2D eigenvalue weighted by Gasteiger charge is -2.11. The minimum atomic E-state index is -0.826. The van der Waals surface area contributed by atoms with Gasteiger partial charge >= 0.3 is 5.97 Å². The minimum absolute atomic E-state index is 0.0651. The van der Waals surface area contributed by atoms with Gasteiger partial charge in [0.05, 0.1) is 21.3 Å². The summed E-state index contributed by atoms with van der Waals surface area (Å²) >= 11 is 0. The predicted molar refractivity (Wildman–Crippen MR) is 93.1 cm³/mol. The maximum atomic E-state index is 12.0.